The molecule has 2 aromatic rings. The Morgan fingerprint density at radius 2 is 1.76 bits per heavy atom. The van der Waals surface area contributed by atoms with Gasteiger partial charge in [-0.3, -0.25) is 0 Å². The Balaban J connectivity index is 1.83. The topological polar surface area (TPSA) is 44.8 Å². The number of hydrogen-bond donors (Lipinski definition) is 0. The number of esters is 1. The molecule has 0 amide bonds. The summed E-state index contributed by atoms with van der Waals surface area (Å²) in [7, 11) is 0. The van der Waals surface area contributed by atoms with Gasteiger partial charge in [-0.2, -0.15) is 0 Å². The summed E-state index contributed by atoms with van der Waals surface area (Å²) in [6, 6.07) is 9.52. The zero-order chi connectivity index (χ0) is 14.8. The van der Waals surface area contributed by atoms with E-state index in [1.807, 2.05) is 0 Å². The van der Waals surface area contributed by atoms with Crippen molar-refractivity contribution < 1.29 is 19.0 Å². The minimum Gasteiger partial charge on any atom is -0.486 e. The summed E-state index contributed by atoms with van der Waals surface area (Å²) in [5, 5.41) is 0.745. The third-order valence-electron chi connectivity index (χ3n) is 2.87. The van der Waals surface area contributed by atoms with Gasteiger partial charge in [0.15, 0.2) is 17.2 Å². The molecule has 0 bridgehead atoms. The molecule has 1 aliphatic rings. The smallest absolute Gasteiger partial charge is 0.343 e. The van der Waals surface area contributed by atoms with E-state index in [0.29, 0.717) is 40.3 Å². The van der Waals surface area contributed by atoms with Crippen LogP contribution in [-0.2, 0) is 0 Å². The molecule has 108 valence electrons. The molecule has 3 rings (SSSR count). The highest BCUT2D eigenvalue weighted by Crippen LogP contribution is 2.32. The van der Waals surface area contributed by atoms with Gasteiger partial charge in [0.2, 0.25) is 0 Å². The minimum absolute atomic E-state index is 0.212. The molecular weight excluding hydrogens is 315 g/mol. The van der Waals surface area contributed by atoms with Crippen molar-refractivity contribution in [3.05, 3.63) is 52.0 Å². The van der Waals surface area contributed by atoms with Crippen molar-refractivity contribution in [1.82, 2.24) is 0 Å². The third kappa shape index (κ3) is 3.06. The first-order valence-electron chi connectivity index (χ1n) is 6.20. The summed E-state index contributed by atoms with van der Waals surface area (Å²) in [4.78, 5) is 12.1. The highest BCUT2D eigenvalue weighted by Gasteiger charge is 2.17. The van der Waals surface area contributed by atoms with Crippen LogP contribution in [0.2, 0.25) is 10.0 Å². The van der Waals surface area contributed by atoms with Gasteiger partial charge in [0, 0.05) is 11.1 Å². The number of ether oxygens (including phenoxy) is 3. The Hall–Kier alpha value is -1.91. The largest absolute Gasteiger partial charge is 0.486 e. The van der Waals surface area contributed by atoms with Crippen LogP contribution in [0.1, 0.15) is 10.4 Å². The molecule has 0 fully saturated rings. The number of hydrogen-bond acceptors (Lipinski definition) is 4. The predicted octanol–water partition coefficient (Wildman–Crippen LogP) is 3.98. The Morgan fingerprint density at radius 3 is 2.57 bits per heavy atom. The van der Waals surface area contributed by atoms with E-state index >= 15 is 0 Å². The molecule has 0 aromatic heterocycles. The fraction of sp³-hybridized carbons (Fsp3) is 0.133. The lowest BCUT2D eigenvalue weighted by Crippen LogP contribution is -2.16. The van der Waals surface area contributed by atoms with E-state index in [9.17, 15) is 4.79 Å². The molecule has 1 aliphatic heterocycles. The molecule has 21 heavy (non-hydrogen) atoms. The van der Waals surface area contributed by atoms with Crippen molar-refractivity contribution in [1.29, 1.82) is 0 Å². The van der Waals surface area contributed by atoms with Gasteiger partial charge < -0.3 is 14.2 Å². The lowest BCUT2D eigenvalue weighted by molar-refractivity contribution is 0.0733. The second kappa shape index (κ2) is 5.84. The first-order chi connectivity index (χ1) is 10.1. The number of rotatable bonds is 2. The summed E-state index contributed by atoms with van der Waals surface area (Å²) in [6.07, 6.45) is 0. The van der Waals surface area contributed by atoms with Gasteiger partial charge in [0.25, 0.3) is 0 Å². The van der Waals surface area contributed by atoms with Gasteiger partial charge in [0.1, 0.15) is 13.2 Å². The van der Waals surface area contributed by atoms with Crippen LogP contribution in [0.3, 0.4) is 0 Å². The monoisotopic (exact) mass is 324 g/mol. The van der Waals surface area contributed by atoms with Crippen LogP contribution < -0.4 is 14.2 Å². The van der Waals surface area contributed by atoms with E-state index in [2.05, 4.69) is 0 Å². The number of fused-ring (bicyclic) bond motifs is 1. The number of carbonyl (C=O) groups is 1. The number of benzene rings is 2. The molecule has 0 aliphatic carbocycles. The van der Waals surface area contributed by atoms with Crippen LogP contribution in [0.15, 0.2) is 36.4 Å². The van der Waals surface area contributed by atoms with Crippen molar-refractivity contribution in [3.8, 4) is 17.2 Å². The SMILES string of the molecule is O=C(Oc1cc(Cl)ccc1Cl)c1ccc2c(c1)OCCO2. The first kappa shape index (κ1) is 14.0. The standard InChI is InChI=1S/C15H10Cl2O4/c16-10-2-3-11(17)13(8-10)21-15(18)9-1-4-12-14(7-9)20-6-5-19-12/h1-4,7-8H,5-6H2. The summed E-state index contributed by atoms with van der Waals surface area (Å²) in [6.45, 7) is 0.945. The third-order valence-corrected chi connectivity index (χ3v) is 3.42. The maximum Gasteiger partial charge on any atom is 0.343 e. The fourth-order valence-corrected chi connectivity index (χ4v) is 2.20. The molecule has 0 N–H and O–H groups in total. The summed E-state index contributed by atoms with van der Waals surface area (Å²) < 4.78 is 16.1. The van der Waals surface area contributed by atoms with Crippen molar-refractivity contribution in [2.45, 2.75) is 0 Å². The van der Waals surface area contributed by atoms with Gasteiger partial charge in [-0.25, -0.2) is 4.79 Å². The van der Waals surface area contributed by atoms with E-state index in [0.717, 1.165) is 0 Å². The van der Waals surface area contributed by atoms with Crippen molar-refractivity contribution in [3.63, 3.8) is 0 Å². The van der Waals surface area contributed by atoms with Crippen LogP contribution in [0.5, 0.6) is 17.2 Å². The molecule has 0 spiro atoms. The second-order valence-corrected chi connectivity index (χ2v) is 5.17. The Morgan fingerprint density at radius 1 is 1.00 bits per heavy atom. The van der Waals surface area contributed by atoms with E-state index in [4.69, 9.17) is 37.4 Å². The molecule has 1 heterocycles. The van der Waals surface area contributed by atoms with Gasteiger partial charge in [-0.05, 0) is 30.3 Å². The summed E-state index contributed by atoms with van der Waals surface area (Å²) in [5.41, 5.74) is 0.343. The predicted molar refractivity (Wildman–Crippen MR) is 78.9 cm³/mol. The zero-order valence-electron chi connectivity index (χ0n) is 10.8. The highest BCUT2D eigenvalue weighted by molar-refractivity contribution is 6.34. The molecule has 0 atom stereocenters. The van der Waals surface area contributed by atoms with E-state index in [-0.39, 0.29) is 5.75 Å². The molecular formula is C15H10Cl2O4. The van der Waals surface area contributed by atoms with E-state index in [1.165, 1.54) is 6.07 Å². The number of carbonyl (C=O) groups excluding carboxylic acids is 1. The maximum atomic E-state index is 12.1. The Kier molecular flexibility index (Phi) is 3.90. The minimum atomic E-state index is -0.545. The van der Waals surface area contributed by atoms with E-state index < -0.39 is 5.97 Å². The molecule has 0 saturated carbocycles. The van der Waals surface area contributed by atoms with Gasteiger partial charge in [-0.15, -0.1) is 0 Å². The lowest BCUT2D eigenvalue weighted by atomic mass is 10.2. The molecule has 0 radical (unpaired) electrons. The average molecular weight is 325 g/mol. The van der Waals surface area contributed by atoms with Crippen molar-refractivity contribution in [2.24, 2.45) is 0 Å². The first-order valence-corrected chi connectivity index (χ1v) is 6.96. The van der Waals surface area contributed by atoms with Crippen LogP contribution in [0.25, 0.3) is 0 Å². The zero-order valence-corrected chi connectivity index (χ0v) is 12.3. The Labute approximate surface area is 131 Å². The second-order valence-electron chi connectivity index (χ2n) is 4.32. The van der Waals surface area contributed by atoms with Crippen LogP contribution in [-0.4, -0.2) is 19.2 Å². The van der Waals surface area contributed by atoms with Crippen molar-refractivity contribution >= 4 is 29.2 Å². The van der Waals surface area contributed by atoms with Crippen LogP contribution in [0, 0.1) is 0 Å². The van der Waals surface area contributed by atoms with Gasteiger partial charge >= 0.3 is 5.97 Å². The highest BCUT2D eigenvalue weighted by atomic mass is 35.5. The molecule has 0 saturated heterocycles. The van der Waals surface area contributed by atoms with Crippen LogP contribution in [0.4, 0.5) is 0 Å². The lowest BCUT2D eigenvalue weighted by Gasteiger charge is -2.18. The molecule has 4 nitrogen and oxygen atoms in total. The van der Waals surface area contributed by atoms with E-state index in [1.54, 1.807) is 30.3 Å². The molecule has 6 heteroatoms. The molecule has 2 aromatic carbocycles. The quantitative estimate of drug-likeness (QED) is 0.619. The van der Waals surface area contributed by atoms with Crippen molar-refractivity contribution in [2.75, 3.05) is 13.2 Å². The van der Waals surface area contributed by atoms with Gasteiger partial charge in [0.05, 0.1) is 10.6 Å². The molecule has 0 unspecified atom stereocenters. The fourth-order valence-electron chi connectivity index (χ4n) is 1.88. The maximum absolute atomic E-state index is 12.1. The van der Waals surface area contributed by atoms with Crippen LogP contribution >= 0.6 is 23.2 Å². The average Bonchev–Trinajstić information content (AvgIpc) is 2.50. The number of halogens is 2. The Bertz CT molecular complexity index is 700. The summed E-state index contributed by atoms with van der Waals surface area (Å²) >= 11 is 11.8. The van der Waals surface area contributed by atoms with Gasteiger partial charge in [-0.1, -0.05) is 23.2 Å². The summed E-state index contributed by atoms with van der Waals surface area (Å²) in [5.74, 6) is 0.798. The normalized spacial score (nSPS) is 12.9.